The summed E-state index contributed by atoms with van der Waals surface area (Å²) < 4.78 is 11.8. The van der Waals surface area contributed by atoms with Crippen molar-refractivity contribution in [2.45, 2.75) is 19.4 Å². The van der Waals surface area contributed by atoms with Crippen LogP contribution in [-0.2, 0) is 6.61 Å². The van der Waals surface area contributed by atoms with E-state index in [0.717, 1.165) is 18.5 Å². The summed E-state index contributed by atoms with van der Waals surface area (Å²) in [5.74, 6) is 1.81. The highest BCUT2D eigenvalue weighted by molar-refractivity contribution is 6.32. The third kappa shape index (κ3) is 5.84. The molecule has 1 aliphatic heterocycles. The van der Waals surface area contributed by atoms with Crippen LogP contribution in [0.4, 0.5) is 22.0 Å². The van der Waals surface area contributed by atoms with Gasteiger partial charge in [0.05, 0.1) is 33.1 Å². The Labute approximate surface area is 245 Å². The minimum absolute atomic E-state index is 0.138. The van der Waals surface area contributed by atoms with Gasteiger partial charge in [0.25, 0.3) is 0 Å². The van der Waals surface area contributed by atoms with Gasteiger partial charge in [0.15, 0.2) is 5.75 Å². The van der Waals surface area contributed by atoms with E-state index in [1.165, 1.54) is 17.3 Å². The first-order valence-electron chi connectivity index (χ1n) is 13.5. The number of amides is 1. The second-order valence-electron chi connectivity index (χ2n) is 10.6. The Morgan fingerprint density at radius 3 is 2.57 bits per heavy atom. The van der Waals surface area contributed by atoms with Gasteiger partial charge < -0.3 is 24.8 Å². The molecule has 1 amide bonds. The molecular formula is C29H27ClN6O6. The number of nitro groups is 1. The SMILES string of the molecule is O=C(O)N1CC2CC(COc3cc4ncnc(Nc5ccc(OCc6ccccn6)c(Cl)c5)c4cc3[N+](=O)[O-])CC2C1. The number of nitro benzene ring substituents is 1. The van der Waals surface area contributed by atoms with Gasteiger partial charge in [-0.2, -0.15) is 0 Å². The van der Waals surface area contributed by atoms with Crippen molar-refractivity contribution in [2.75, 3.05) is 25.0 Å². The predicted octanol–water partition coefficient (Wildman–Crippen LogP) is 5.92. The number of nitrogens with zero attached hydrogens (tertiary/aromatic N) is 5. The van der Waals surface area contributed by atoms with E-state index in [2.05, 4.69) is 20.3 Å². The van der Waals surface area contributed by atoms with Crippen LogP contribution in [0.1, 0.15) is 18.5 Å². The molecule has 13 heteroatoms. The maximum atomic E-state index is 12.0. The number of anilines is 2. The van der Waals surface area contributed by atoms with E-state index in [1.807, 2.05) is 18.2 Å². The smallest absolute Gasteiger partial charge is 0.407 e. The first kappa shape index (κ1) is 27.5. The minimum atomic E-state index is -0.884. The zero-order chi connectivity index (χ0) is 29.2. The van der Waals surface area contributed by atoms with E-state index in [1.54, 1.807) is 30.5 Å². The van der Waals surface area contributed by atoms with Gasteiger partial charge >= 0.3 is 11.8 Å². The molecule has 1 aliphatic carbocycles. The number of ether oxygens (including phenoxy) is 2. The van der Waals surface area contributed by atoms with Crippen molar-refractivity contribution in [2.24, 2.45) is 17.8 Å². The molecule has 1 saturated heterocycles. The third-order valence-corrected chi connectivity index (χ3v) is 8.10. The number of carboxylic acid groups (broad SMARTS) is 1. The van der Waals surface area contributed by atoms with Crippen LogP contribution < -0.4 is 14.8 Å². The largest absolute Gasteiger partial charge is 0.486 e. The van der Waals surface area contributed by atoms with Crippen LogP contribution >= 0.6 is 11.6 Å². The molecule has 6 rings (SSSR count). The summed E-state index contributed by atoms with van der Waals surface area (Å²) in [4.78, 5) is 37.1. The van der Waals surface area contributed by atoms with E-state index < -0.39 is 11.0 Å². The van der Waals surface area contributed by atoms with Crippen LogP contribution in [0, 0.1) is 27.9 Å². The highest BCUT2D eigenvalue weighted by atomic mass is 35.5. The highest BCUT2D eigenvalue weighted by Gasteiger charge is 2.42. The van der Waals surface area contributed by atoms with Crippen molar-refractivity contribution in [1.82, 2.24) is 19.9 Å². The molecule has 3 heterocycles. The average Bonchev–Trinajstić information content (AvgIpc) is 3.55. The van der Waals surface area contributed by atoms with E-state index in [9.17, 15) is 20.0 Å². The molecule has 0 radical (unpaired) electrons. The lowest BCUT2D eigenvalue weighted by Crippen LogP contribution is -2.28. The molecule has 1 saturated carbocycles. The van der Waals surface area contributed by atoms with Gasteiger partial charge in [-0.05, 0) is 60.9 Å². The van der Waals surface area contributed by atoms with Crippen LogP contribution in [0.2, 0.25) is 5.02 Å². The van der Waals surface area contributed by atoms with Crippen molar-refractivity contribution in [3.63, 3.8) is 0 Å². The van der Waals surface area contributed by atoms with Crippen LogP contribution in [-0.4, -0.2) is 55.7 Å². The molecule has 2 N–H and O–H groups in total. The maximum absolute atomic E-state index is 12.0. The summed E-state index contributed by atoms with van der Waals surface area (Å²) in [6.45, 7) is 1.65. The van der Waals surface area contributed by atoms with Gasteiger partial charge in [-0.3, -0.25) is 15.1 Å². The normalized spacial score (nSPS) is 19.5. The Bertz CT molecular complexity index is 1630. The van der Waals surface area contributed by atoms with Crippen molar-refractivity contribution < 1.29 is 24.3 Å². The number of pyridine rings is 1. The number of hydrogen-bond acceptors (Lipinski definition) is 9. The molecule has 2 aromatic carbocycles. The Morgan fingerprint density at radius 1 is 1.07 bits per heavy atom. The second-order valence-corrected chi connectivity index (χ2v) is 11.0. The Hall–Kier alpha value is -4.71. The number of aromatic nitrogens is 3. The number of carbonyl (C=O) groups is 1. The number of benzene rings is 2. The lowest BCUT2D eigenvalue weighted by Gasteiger charge is -2.17. The first-order valence-corrected chi connectivity index (χ1v) is 13.8. The molecule has 42 heavy (non-hydrogen) atoms. The second kappa shape index (κ2) is 11.6. The fraction of sp³-hybridized carbons (Fsp3) is 0.310. The number of rotatable bonds is 9. The molecule has 0 spiro atoms. The van der Waals surface area contributed by atoms with Crippen molar-refractivity contribution in [1.29, 1.82) is 0 Å². The molecule has 2 unspecified atom stereocenters. The summed E-state index contributed by atoms with van der Waals surface area (Å²) in [5, 5.41) is 25.3. The summed E-state index contributed by atoms with van der Waals surface area (Å²) >= 11 is 6.46. The van der Waals surface area contributed by atoms with Crippen LogP contribution in [0.5, 0.6) is 11.5 Å². The van der Waals surface area contributed by atoms with Gasteiger partial charge in [-0.1, -0.05) is 17.7 Å². The molecule has 4 aromatic rings. The lowest BCUT2D eigenvalue weighted by molar-refractivity contribution is -0.385. The van der Waals surface area contributed by atoms with Gasteiger partial charge in [0.2, 0.25) is 0 Å². The average molecular weight is 591 g/mol. The number of likely N-dealkylation sites (tertiary alicyclic amines) is 1. The van der Waals surface area contributed by atoms with Crippen molar-refractivity contribution in [3.8, 4) is 11.5 Å². The molecule has 2 fully saturated rings. The lowest BCUT2D eigenvalue weighted by atomic mass is 10.0. The zero-order valence-corrected chi connectivity index (χ0v) is 23.1. The fourth-order valence-corrected chi connectivity index (χ4v) is 6.06. The fourth-order valence-electron chi connectivity index (χ4n) is 5.82. The molecule has 2 aliphatic rings. The van der Waals surface area contributed by atoms with Gasteiger partial charge in [-0.15, -0.1) is 0 Å². The molecule has 0 bridgehead atoms. The monoisotopic (exact) mass is 590 g/mol. The number of halogens is 1. The van der Waals surface area contributed by atoms with E-state index >= 15 is 0 Å². The van der Waals surface area contributed by atoms with Gasteiger partial charge in [0, 0.05) is 37.1 Å². The zero-order valence-electron chi connectivity index (χ0n) is 22.4. The third-order valence-electron chi connectivity index (χ3n) is 7.80. The van der Waals surface area contributed by atoms with Crippen LogP contribution in [0.3, 0.4) is 0 Å². The Morgan fingerprint density at radius 2 is 1.88 bits per heavy atom. The minimum Gasteiger partial charge on any atom is -0.486 e. The van der Waals surface area contributed by atoms with Crippen LogP contribution in [0.15, 0.2) is 61.1 Å². The van der Waals surface area contributed by atoms with E-state index in [0.29, 0.717) is 64.7 Å². The quantitative estimate of drug-likeness (QED) is 0.177. The summed E-state index contributed by atoms with van der Waals surface area (Å²) in [6, 6.07) is 13.7. The molecular weight excluding hydrogens is 564 g/mol. The highest BCUT2D eigenvalue weighted by Crippen LogP contribution is 2.42. The number of hydrogen-bond donors (Lipinski definition) is 2. The van der Waals surface area contributed by atoms with E-state index in [-0.39, 0.29) is 24.0 Å². The first-order chi connectivity index (χ1) is 20.3. The Balaban J connectivity index is 1.15. The van der Waals surface area contributed by atoms with Crippen LogP contribution in [0.25, 0.3) is 10.9 Å². The maximum Gasteiger partial charge on any atom is 0.407 e. The van der Waals surface area contributed by atoms with Crippen molar-refractivity contribution >= 4 is 45.8 Å². The van der Waals surface area contributed by atoms with Gasteiger partial charge in [0.1, 0.15) is 24.5 Å². The Kier molecular flexibility index (Phi) is 7.62. The molecule has 2 atom stereocenters. The summed E-state index contributed by atoms with van der Waals surface area (Å²) in [6.07, 6.45) is 3.85. The number of nitrogens with one attached hydrogen (secondary N) is 1. The number of fused-ring (bicyclic) bond motifs is 2. The topological polar surface area (TPSA) is 153 Å². The standard InChI is InChI=1S/C29H27ClN6O6/c30-23-9-20(4-5-26(23)42-15-21-3-1-2-6-31-21)34-28-22-10-25(36(39)40)27(11-24(22)32-16-33-28)41-14-17-7-18-12-35(29(37)38)13-19(18)8-17/h1-6,9-11,16-19H,7-8,12-15H2,(H,37,38)(H,32,33,34). The van der Waals surface area contributed by atoms with E-state index in [4.69, 9.17) is 21.1 Å². The molecule has 2 aromatic heterocycles. The summed E-state index contributed by atoms with van der Waals surface area (Å²) in [5.41, 5.74) is 1.68. The molecule has 12 nitrogen and oxygen atoms in total. The van der Waals surface area contributed by atoms with Gasteiger partial charge in [-0.25, -0.2) is 14.8 Å². The summed E-state index contributed by atoms with van der Waals surface area (Å²) in [7, 11) is 0. The van der Waals surface area contributed by atoms with Crippen molar-refractivity contribution in [3.05, 3.63) is 81.9 Å². The molecule has 216 valence electrons. The predicted molar refractivity (Wildman–Crippen MR) is 154 cm³/mol.